The quantitative estimate of drug-likeness (QED) is 0.388. The number of aromatic nitrogens is 2. The monoisotopic (exact) mass is 316 g/mol. The maximum atomic E-state index is 11.8. The average Bonchev–Trinajstić information content (AvgIpc) is 2.74. The van der Waals surface area contributed by atoms with Crippen LogP contribution in [-0.2, 0) is 16.1 Å². The van der Waals surface area contributed by atoms with Gasteiger partial charge in [0.15, 0.2) is 0 Å². The first-order valence-electron chi connectivity index (χ1n) is 6.53. The van der Waals surface area contributed by atoms with E-state index >= 15 is 0 Å². The number of carboxylic acids is 1. The molecular formula is C12H16N2O8. The first-order valence-corrected chi connectivity index (χ1v) is 6.53. The van der Waals surface area contributed by atoms with Gasteiger partial charge >= 0.3 is 11.7 Å². The van der Waals surface area contributed by atoms with Crippen LogP contribution in [0.5, 0.6) is 0 Å². The van der Waals surface area contributed by atoms with E-state index in [1.807, 2.05) is 4.98 Å². The van der Waals surface area contributed by atoms with E-state index in [1.54, 1.807) is 0 Å². The lowest BCUT2D eigenvalue weighted by atomic mass is 10.0. The van der Waals surface area contributed by atoms with Crippen LogP contribution in [0.1, 0.15) is 18.1 Å². The molecule has 1 aliphatic heterocycles. The van der Waals surface area contributed by atoms with E-state index in [0.717, 1.165) is 10.8 Å². The fourth-order valence-electron chi connectivity index (χ4n) is 2.27. The van der Waals surface area contributed by atoms with Crippen molar-refractivity contribution in [3.05, 3.63) is 32.6 Å². The molecule has 10 nitrogen and oxygen atoms in total. The lowest BCUT2D eigenvalue weighted by Gasteiger charge is -2.15. The molecule has 1 aromatic heterocycles. The van der Waals surface area contributed by atoms with Crippen LogP contribution in [0.15, 0.2) is 15.8 Å². The van der Waals surface area contributed by atoms with Crippen molar-refractivity contribution in [2.24, 2.45) is 0 Å². The van der Waals surface area contributed by atoms with Gasteiger partial charge in [0.05, 0.1) is 18.6 Å². The standard InChI is InChI=1S/C12H16N2O8/c15-4-6-8(18)9(19)10(22-6)5-3-14(2-1-7(16)17)12(21)13-11(5)20/h3,6,8-10,15,18-19H,1-2,4H2,(H,16,17)(H,13,20,21)/t6-,8+,9?,10+/m1/s1. The highest BCUT2D eigenvalue weighted by Crippen LogP contribution is 2.31. The van der Waals surface area contributed by atoms with E-state index in [0.29, 0.717) is 0 Å². The predicted octanol–water partition coefficient (Wildman–Crippen LogP) is -2.83. The Hall–Kier alpha value is -2.01. The topological polar surface area (TPSA) is 162 Å². The van der Waals surface area contributed by atoms with Gasteiger partial charge in [-0.1, -0.05) is 0 Å². The summed E-state index contributed by atoms with van der Waals surface area (Å²) in [5.74, 6) is -1.12. The fraction of sp³-hybridized carbons (Fsp3) is 0.583. The number of carbonyl (C=O) groups is 1. The smallest absolute Gasteiger partial charge is 0.328 e. The largest absolute Gasteiger partial charge is 0.481 e. The molecule has 2 heterocycles. The highest BCUT2D eigenvalue weighted by molar-refractivity contribution is 5.66. The fourth-order valence-corrected chi connectivity index (χ4v) is 2.27. The molecule has 5 N–H and O–H groups in total. The van der Waals surface area contributed by atoms with Gasteiger partial charge in [0.1, 0.15) is 24.4 Å². The van der Waals surface area contributed by atoms with Crippen molar-refractivity contribution in [2.45, 2.75) is 37.4 Å². The van der Waals surface area contributed by atoms with Crippen LogP contribution in [0.3, 0.4) is 0 Å². The number of aliphatic hydroxyl groups excluding tert-OH is 3. The number of aromatic amines is 1. The van der Waals surface area contributed by atoms with E-state index < -0.39 is 48.2 Å². The second kappa shape index (κ2) is 6.40. The zero-order valence-corrected chi connectivity index (χ0v) is 11.4. The molecule has 1 fully saturated rings. The summed E-state index contributed by atoms with van der Waals surface area (Å²) in [6.45, 7) is -0.724. The molecule has 22 heavy (non-hydrogen) atoms. The van der Waals surface area contributed by atoms with Crippen molar-refractivity contribution in [2.75, 3.05) is 6.61 Å². The summed E-state index contributed by atoms with van der Waals surface area (Å²) < 4.78 is 6.19. The maximum absolute atomic E-state index is 11.8. The number of hydrogen-bond donors (Lipinski definition) is 5. The third-order valence-electron chi connectivity index (χ3n) is 3.45. The number of nitrogens with zero attached hydrogens (tertiary/aromatic N) is 1. The van der Waals surface area contributed by atoms with Gasteiger partial charge in [0.25, 0.3) is 5.56 Å². The molecule has 0 saturated carbocycles. The van der Waals surface area contributed by atoms with Crippen LogP contribution in [-0.4, -0.2) is 60.9 Å². The lowest BCUT2D eigenvalue weighted by molar-refractivity contribution is -0.137. The molecule has 0 amide bonds. The summed E-state index contributed by atoms with van der Waals surface area (Å²) in [7, 11) is 0. The molecule has 0 spiro atoms. The van der Waals surface area contributed by atoms with Gasteiger partial charge in [-0.15, -0.1) is 0 Å². The Labute approximate surface area is 123 Å². The summed E-state index contributed by atoms with van der Waals surface area (Å²) in [4.78, 5) is 36.0. The average molecular weight is 316 g/mol. The zero-order chi connectivity index (χ0) is 16.4. The van der Waals surface area contributed by atoms with E-state index in [1.165, 1.54) is 0 Å². The van der Waals surface area contributed by atoms with Crippen LogP contribution < -0.4 is 11.2 Å². The number of aryl methyl sites for hydroxylation is 1. The molecule has 122 valence electrons. The second-order valence-electron chi connectivity index (χ2n) is 4.94. The van der Waals surface area contributed by atoms with Crippen LogP contribution in [0.25, 0.3) is 0 Å². The number of H-pyrrole nitrogens is 1. The minimum absolute atomic E-state index is 0.132. The van der Waals surface area contributed by atoms with E-state index in [-0.39, 0.29) is 18.5 Å². The van der Waals surface area contributed by atoms with Crippen molar-refractivity contribution >= 4 is 5.97 Å². The number of nitrogens with one attached hydrogen (secondary N) is 1. The van der Waals surface area contributed by atoms with Gasteiger partial charge < -0.3 is 25.2 Å². The molecule has 10 heteroatoms. The van der Waals surface area contributed by atoms with Crippen molar-refractivity contribution in [3.8, 4) is 0 Å². The molecule has 1 aliphatic rings. The Morgan fingerprint density at radius 2 is 2.00 bits per heavy atom. The zero-order valence-electron chi connectivity index (χ0n) is 11.4. The Morgan fingerprint density at radius 1 is 1.32 bits per heavy atom. The van der Waals surface area contributed by atoms with E-state index in [9.17, 15) is 24.6 Å². The van der Waals surface area contributed by atoms with Crippen LogP contribution in [0, 0.1) is 0 Å². The van der Waals surface area contributed by atoms with Gasteiger partial charge in [-0.05, 0) is 0 Å². The maximum Gasteiger partial charge on any atom is 0.328 e. The molecule has 0 aromatic carbocycles. The molecule has 0 aliphatic carbocycles. The Bertz CT molecular complexity index is 666. The molecule has 4 atom stereocenters. The molecule has 1 aromatic rings. The minimum atomic E-state index is -1.45. The summed E-state index contributed by atoms with van der Waals surface area (Å²) >= 11 is 0. The van der Waals surface area contributed by atoms with Gasteiger partial charge in [-0.25, -0.2) is 4.79 Å². The Balaban J connectivity index is 2.35. The highest BCUT2D eigenvalue weighted by atomic mass is 16.6. The highest BCUT2D eigenvalue weighted by Gasteiger charge is 2.44. The summed E-state index contributed by atoms with van der Waals surface area (Å²) in [5.41, 5.74) is -1.74. The number of aliphatic hydroxyl groups is 3. The van der Waals surface area contributed by atoms with Gasteiger partial charge in [0.2, 0.25) is 0 Å². The SMILES string of the molecule is O=C(O)CCn1cc([C@@H]2O[C@H](CO)[C@H](O)C2O)c(=O)[nH]c1=O. The van der Waals surface area contributed by atoms with Crippen molar-refractivity contribution in [1.29, 1.82) is 0 Å². The Kier molecular flexibility index (Phi) is 4.76. The summed E-state index contributed by atoms with van der Waals surface area (Å²) in [6, 6.07) is 0. The first kappa shape index (κ1) is 16.4. The number of carboxylic acid groups (broad SMARTS) is 1. The second-order valence-corrected chi connectivity index (χ2v) is 4.94. The number of ether oxygens (including phenoxy) is 1. The van der Waals surface area contributed by atoms with Gasteiger partial charge in [-0.2, -0.15) is 0 Å². The lowest BCUT2D eigenvalue weighted by Crippen LogP contribution is -2.36. The van der Waals surface area contributed by atoms with Gasteiger partial charge in [-0.3, -0.25) is 19.1 Å². The van der Waals surface area contributed by atoms with Crippen molar-refractivity contribution in [1.82, 2.24) is 9.55 Å². The molecule has 0 bridgehead atoms. The Morgan fingerprint density at radius 3 is 2.55 bits per heavy atom. The molecule has 1 unspecified atom stereocenters. The van der Waals surface area contributed by atoms with Crippen LogP contribution in [0.2, 0.25) is 0 Å². The minimum Gasteiger partial charge on any atom is -0.481 e. The number of aliphatic carboxylic acids is 1. The number of hydrogen-bond acceptors (Lipinski definition) is 7. The first-order chi connectivity index (χ1) is 10.3. The molecular weight excluding hydrogens is 300 g/mol. The van der Waals surface area contributed by atoms with Crippen molar-refractivity contribution in [3.63, 3.8) is 0 Å². The van der Waals surface area contributed by atoms with Crippen LogP contribution in [0.4, 0.5) is 0 Å². The number of rotatable bonds is 5. The summed E-state index contributed by atoms with van der Waals surface area (Å²) in [5, 5.41) is 37.2. The third kappa shape index (κ3) is 3.09. The molecule has 2 rings (SSSR count). The normalized spacial score (nSPS) is 28.0. The van der Waals surface area contributed by atoms with E-state index in [4.69, 9.17) is 14.9 Å². The summed E-state index contributed by atoms with van der Waals surface area (Å²) in [6.07, 6.45) is -4.37. The predicted molar refractivity (Wildman–Crippen MR) is 70.3 cm³/mol. The van der Waals surface area contributed by atoms with Crippen molar-refractivity contribution < 1.29 is 30.0 Å². The molecule has 1 saturated heterocycles. The van der Waals surface area contributed by atoms with Crippen LogP contribution >= 0.6 is 0 Å². The van der Waals surface area contributed by atoms with E-state index in [2.05, 4.69) is 0 Å². The third-order valence-corrected chi connectivity index (χ3v) is 3.45. The molecule has 0 radical (unpaired) electrons. The van der Waals surface area contributed by atoms with Gasteiger partial charge in [0, 0.05) is 12.7 Å².